The number of benzene rings is 1. The quantitative estimate of drug-likeness (QED) is 0.853. The Morgan fingerprint density at radius 1 is 1.32 bits per heavy atom. The molecule has 1 spiro atoms. The third-order valence-electron chi connectivity index (χ3n) is 4.87. The summed E-state index contributed by atoms with van der Waals surface area (Å²) in [5.41, 5.74) is 0.741. The van der Waals surface area contributed by atoms with Gasteiger partial charge in [0.15, 0.2) is 0 Å². The maximum atomic E-state index is 12.5. The highest BCUT2D eigenvalue weighted by atomic mass is 32.2. The number of ether oxygens (including phenoxy) is 1. The zero-order valence-corrected chi connectivity index (χ0v) is 14.3. The van der Waals surface area contributed by atoms with Crippen LogP contribution in [0.4, 0.5) is 13.2 Å². The summed E-state index contributed by atoms with van der Waals surface area (Å²) in [5.74, 6) is -0.301. The van der Waals surface area contributed by atoms with Crippen LogP contribution in [0.3, 0.4) is 0 Å². The van der Waals surface area contributed by atoms with E-state index in [4.69, 9.17) is 0 Å². The Balaban J connectivity index is 1.68. The van der Waals surface area contributed by atoms with E-state index in [1.807, 2.05) is 4.90 Å². The number of alkyl halides is 3. The van der Waals surface area contributed by atoms with Crippen LogP contribution in [0.15, 0.2) is 24.3 Å². The fourth-order valence-electron chi connectivity index (χ4n) is 3.55. The molecule has 2 saturated heterocycles. The predicted octanol–water partition coefficient (Wildman–Crippen LogP) is 1.17. The maximum absolute atomic E-state index is 12.5. The number of aliphatic hydroxyl groups is 1. The van der Waals surface area contributed by atoms with Gasteiger partial charge in [0.25, 0.3) is 0 Å². The van der Waals surface area contributed by atoms with Crippen molar-refractivity contribution >= 4 is 10.0 Å². The molecule has 0 bridgehead atoms. The Morgan fingerprint density at radius 3 is 2.48 bits per heavy atom. The van der Waals surface area contributed by atoms with Crippen molar-refractivity contribution in [1.29, 1.82) is 0 Å². The molecule has 3 rings (SSSR count). The van der Waals surface area contributed by atoms with Gasteiger partial charge >= 0.3 is 6.36 Å². The van der Waals surface area contributed by atoms with Gasteiger partial charge in [-0.25, -0.2) is 12.7 Å². The van der Waals surface area contributed by atoms with E-state index < -0.39 is 27.2 Å². The van der Waals surface area contributed by atoms with Gasteiger partial charge in [-0.15, -0.1) is 13.2 Å². The lowest BCUT2D eigenvalue weighted by molar-refractivity contribution is -0.274. The topological polar surface area (TPSA) is 70.1 Å². The van der Waals surface area contributed by atoms with E-state index in [-0.39, 0.29) is 18.8 Å². The van der Waals surface area contributed by atoms with Crippen molar-refractivity contribution in [3.05, 3.63) is 29.8 Å². The molecule has 0 saturated carbocycles. The van der Waals surface area contributed by atoms with Crippen LogP contribution in [0.5, 0.6) is 5.75 Å². The van der Waals surface area contributed by atoms with Gasteiger partial charge in [-0.3, -0.25) is 4.90 Å². The van der Waals surface area contributed by atoms with Crippen LogP contribution in [0.2, 0.25) is 0 Å². The first-order valence-corrected chi connectivity index (χ1v) is 9.18. The molecule has 140 valence electrons. The lowest BCUT2D eigenvalue weighted by Gasteiger charge is -2.26. The molecule has 0 aromatic heterocycles. The molecule has 2 aliphatic heterocycles. The van der Waals surface area contributed by atoms with Gasteiger partial charge in [-0.05, 0) is 24.1 Å². The largest absolute Gasteiger partial charge is 0.573 e. The zero-order chi connectivity index (χ0) is 18.5. The van der Waals surface area contributed by atoms with Crippen LogP contribution < -0.4 is 4.74 Å². The molecular weight excluding hydrogens is 361 g/mol. The lowest BCUT2D eigenvalue weighted by Crippen LogP contribution is -2.47. The van der Waals surface area contributed by atoms with Crippen molar-refractivity contribution in [3.63, 3.8) is 0 Å². The monoisotopic (exact) mass is 380 g/mol. The Kier molecular flexibility index (Phi) is 4.51. The highest BCUT2D eigenvalue weighted by Gasteiger charge is 2.60. The zero-order valence-electron chi connectivity index (χ0n) is 13.5. The number of halogens is 3. The summed E-state index contributed by atoms with van der Waals surface area (Å²) in [6.45, 7) is 1.16. The standard InChI is InChI=1S/C15H19F3N2O4S/c1-19-9-13(21)14(25(19,22)23)6-7-20(10-14)8-11-2-4-12(5-3-11)24-15(16,17)18/h2-5,13,21H,6-10H2,1H3/t13-,14+/m0/s1. The van der Waals surface area contributed by atoms with Gasteiger partial charge in [0, 0.05) is 33.2 Å². The molecule has 6 nitrogen and oxygen atoms in total. The van der Waals surface area contributed by atoms with Gasteiger partial charge < -0.3 is 9.84 Å². The summed E-state index contributed by atoms with van der Waals surface area (Å²) >= 11 is 0. The molecule has 10 heteroatoms. The summed E-state index contributed by atoms with van der Waals surface area (Å²) in [4.78, 5) is 1.89. The van der Waals surface area contributed by atoms with E-state index in [0.29, 0.717) is 19.5 Å². The van der Waals surface area contributed by atoms with Crippen molar-refractivity contribution in [2.24, 2.45) is 0 Å². The van der Waals surface area contributed by atoms with E-state index >= 15 is 0 Å². The molecule has 1 aromatic carbocycles. The van der Waals surface area contributed by atoms with E-state index in [0.717, 1.165) is 5.56 Å². The number of nitrogens with zero attached hydrogens (tertiary/aromatic N) is 2. The number of likely N-dealkylation sites (tertiary alicyclic amines) is 1. The van der Waals surface area contributed by atoms with E-state index in [9.17, 15) is 26.7 Å². The SMILES string of the molecule is CN1C[C@H](O)[C@]2(CCN(Cc3ccc(OC(F)(F)F)cc3)C2)S1(=O)=O. The number of hydrogen-bond donors (Lipinski definition) is 1. The van der Waals surface area contributed by atoms with Gasteiger partial charge in [-0.1, -0.05) is 12.1 Å². The molecule has 0 unspecified atom stereocenters. The van der Waals surface area contributed by atoms with Crippen LogP contribution in [0.1, 0.15) is 12.0 Å². The van der Waals surface area contributed by atoms with Gasteiger partial charge in [-0.2, -0.15) is 0 Å². The molecule has 2 aliphatic rings. The maximum Gasteiger partial charge on any atom is 0.573 e. The van der Waals surface area contributed by atoms with E-state index in [1.165, 1.54) is 35.6 Å². The first-order valence-electron chi connectivity index (χ1n) is 7.74. The lowest BCUT2D eigenvalue weighted by atomic mass is 10.0. The van der Waals surface area contributed by atoms with E-state index in [1.54, 1.807) is 0 Å². The number of hydrogen-bond acceptors (Lipinski definition) is 5. The first kappa shape index (κ1) is 18.4. The number of likely N-dealkylation sites (N-methyl/N-ethyl adjacent to an activating group) is 1. The summed E-state index contributed by atoms with van der Waals surface area (Å²) < 4.78 is 65.3. The molecular formula is C15H19F3N2O4S. The Hall–Kier alpha value is -1.36. The van der Waals surface area contributed by atoms with Crippen molar-refractivity contribution in [1.82, 2.24) is 9.21 Å². The van der Waals surface area contributed by atoms with Crippen LogP contribution >= 0.6 is 0 Å². The van der Waals surface area contributed by atoms with Crippen LogP contribution in [-0.2, 0) is 16.6 Å². The minimum atomic E-state index is -4.73. The number of rotatable bonds is 3. The van der Waals surface area contributed by atoms with Crippen LogP contribution in [0, 0.1) is 0 Å². The summed E-state index contributed by atoms with van der Waals surface area (Å²) in [7, 11) is -2.12. The minimum absolute atomic E-state index is 0.0830. The third-order valence-corrected chi connectivity index (χ3v) is 7.47. The van der Waals surface area contributed by atoms with Crippen LogP contribution in [-0.4, -0.2) is 66.6 Å². The van der Waals surface area contributed by atoms with Gasteiger partial charge in [0.2, 0.25) is 10.0 Å². The number of aliphatic hydroxyl groups excluding tert-OH is 1. The molecule has 2 heterocycles. The fraction of sp³-hybridized carbons (Fsp3) is 0.600. The average molecular weight is 380 g/mol. The second-order valence-electron chi connectivity index (χ2n) is 6.52. The second-order valence-corrected chi connectivity index (χ2v) is 8.91. The molecule has 25 heavy (non-hydrogen) atoms. The predicted molar refractivity (Wildman–Crippen MR) is 83.3 cm³/mol. The van der Waals surface area contributed by atoms with Crippen molar-refractivity contribution in [2.45, 2.75) is 30.2 Å². The summed E-state index contributed by atoms with van der Waals surface area (Å²) in [6, 6.07) is 5.47. The molecule has 2 atom stereocenters. The highest BCUT2D eigenvalue weighted by molar-refractivity contribution is 7.90. The van der Waals surface area contributed by atoms with E-state index in [2.05, 4.69) is 4.74 Å². The normalized spacial score (nSPS) is 30.2. The van der Waals surface area contributed by atoms with Gasteiger partial charge in [0.05, 0.1) is 6.10 Å². The van der Waals surface area contributed by atoms with Gasteiger partial charge in [0.1, 0.15) is 10.5 Å². The highest BCUT2D eigenvalue weighted by Crippen LogP contribution is 2.40. The summed E-state index contributed by atoms with van der Waals surface area (Å²) in [6.07, 6.45) is -5.35. The van der Waals surface area contributed by atoms with Crippen molar-refractivity contribution in [2.75, 3.05) is 26.7 Å². The first-order chi connectivity index (χ1) is 11.5. The molecule has 2 fully saturated rings. The molecule has 1 aromatic rings. The molecule has 0 radical (unpaired) electrons. The fourth-order valence-corrected chi connectivity index (χ4v) is 5.62. The second kappa shape index (κ2) is 6.11. The van der Waals surface area contributed by atoms with Crippen molar-refractivity contribution < 1.29 is 31.4 Å². The average Bonchev–Trinajstić information content (AvgIpc) is 2.99. The van der Waals surface area contributed by atoms with Crippen molar-refractivity contribution in [3.8, 4) is 5.75 Å². The number of sulfonamides is 1. The third kappa shape index (κ3) is 3.35. The molecule has 0 amide bonds. The molecule has 1 N–H and O–H groups in total. The number of β-amino-alcohol motifs (C(OH)–C–C–N with tert-alkyl or cyclic N) is 1. The smallest absolute Gasteiger partial charge is 0.406 e. The minimum Gasteiger partial charge on any atom is -0.406 e. The Labute approximate surface area is 143 Å². The van der Waals surface area contributed by atoms with Crippen LogP contribution in [0.25, 0.3) is 0 Å². The summed E-state index contributed by atoms with van der Waals surface area (Å²) in [5, 5.41) is 10.2. The Morgan fingerprint density at radius 2 is 1.96 bits per heavy atom. The molecule has 0 aliphatic carbocycles. The Bertz CT molecular complexity index is 738.